The van der Waals surface area contributed by atoms with Crippen molar-refractivity contribution in [2.45, 2.75) is 45.8 Å². The molecule has 5 aromatic rings. The molecule has 0 bridgehead atoms. The molecule has 0 fully saturated rings. The molecule has 10 nitrogen and oxygen atoms in total. The maximum Gasteiger partial charge on any atom is 0.295 e. The molecule has 0 radical (unpaired) electrons. The number of aromatic nitrogens is 5. The number of hydrogen-bond donors (Lipinski definition) is 1. The van der Waals surface area contributed by atoms with Crippen LogP contribution in [0.4, 0.5) is 4.39 Å². The Labute approximate surface area is 241 Å². The number of aryl methyl sites for hydroxylation is 1. The van der Waals surface area contributed by atoms with E-state index in [2.05, 4.69) is 46.5 Å². The lowest BCUT2D eigenvalue weighted by molar-refractivity contribution is -0.134. The van der Waals surface area contributed by atoms with Gasteiger partial charge in [-0.15, -0.1) is 5.10 Å². The van der Waals surface area contributed by atoms with Crippen LogP contribution in [0, 0.1) is 12.7 Å². The van der Waals surface area contributed by atoms with Crippen molar-refractivity contribution < 1.29 is 23.2 Å². The maximum absolute atomic E-state index is 15.1. The van der Waals surface area contributed by atoms with Crippen LogP contribution in [0.15, 0.2) is 77.4 Å². The van der Waals surface area contributed by atoms with E-state index in [-0.39, 0.29) is 41.3 Å². The molecule has 0 saturated carbocycles. The highest BCUT2D eigenvalue weighted by Gasteiger charge is 2.21. The second-order valence-electron chi connectivity index (χ2n) is 10.8. The van der Waals surface area contributed by atoms with Crippen molar-refractivity contribution in [3.8, 4) is 28.5 Å². The maximum atomic E-state index is 15.1. The van der Waals surface area contributed by atoms with E-state index in [1.54, 1.807) is 6.07 Å². The molecule has 1 N–H and O–H groups in total. The van der Waals surface area contributed by atoms with Crippen LogP contribution < -0.4 is 5.32 Å². The Bertz CT molecular complexity index is 1700. The van der Waals surface area contributed by atoms with Crippen LogP contribution >= 0.6 is 0 Å². The van der Waals surface area contributed by atoms with Gasteiger partial charge in [0.2, 0.25) is 5.82 Å². The fraction of sp³-hybridized carbons (Fsp3) is 0.226. The minimum absolute atomic E-state index is 0.00101. The molecule has 0 spiro atoms. The second-order valence-corrected chi connectivity index (χ2v) is 10.8. The molecule has 42 heavy (non-hydrogen) atoms. The Hall–Kier alpha value is -5.19. The molecule has 2 heterocycles. The Balaban J connectivity index is 1.26. The third-order valence-corrected chi connectivity index (χ3v) is 6.66. The third-order valence-electron chi connectivity index (χ3n) is 6.66. The summed E-state index contributed by atoms with van der Waals surface area (Å²) in [5, 5.41) is 14.5. The predicted molar refractivity (Wildman–Crippen MR) is 152 cm³/mol. The quantitative estimate of drug-likeness (QED) is 0.190. The van der Waals surface area contributed by atoms with Gasteiger partial charge in [-0.2, -0.15) is 4.98 Å². The summed E-state index contributed by atoms with van der Waals surface area (Å²) >= 11 is 0. The summed E-state index contributed by atoms with van der Waals surface area (Å²) in [6.45, 7) is 8.55. The zero-order valence-corrected chi connectivity index (χ0v) is 23.5. The molecule has 1 atom stereocenters. The Kier molecular flexibility index (Phi) is 7.92. The minimum Gasteiger partial charge on any atom is -0.444 e. The highest BCUT2D eigenvalue weighted by atomic mass is 19.1. The summed E-state index contributed by atoms with van der Waals surface area (Å²) in [5.41, 5.74) is 4.34. The van der Waals surface area contributed by atoms with Crippen LogP contribution in [0.5, 0.6) is 0 Å². The molecule has 3 aromatic carbocycles. The van der Waals surface area contributed by atoms with E-state index in [1.807, 2.05) is 55.5 Å². The normalized spacial score (nSPS) is 12.1. The largest absolute Gasteiger partial charge is 0.444 e. The van der Waals surface area contributed by atoms with E-state index in [1.165, 1.54) is 23.0 Å². The molecule has 0 aliphatic carbocycles. The minimum atomic E-state index is -1.07. The van der Waals surface area contributed by atoms with E-state index in [4.69, 9.17) is 9.26 Å². The number of amides is 1. The number of hydrogen-bond acceptors (Lipinski definition) is 8. The van der Waals surface area contributed by atoms with Crippen molar-refractivity contribution in [2.24, 2.45) is 0 Å². The molecular formula is C31H29FN6O4. The van der Waals surface area contributed by atoms with Crippen molar-refractivity contribution in [1.82, 2.24) is 30.5 Å². The fourth-order valence-corrected chi connectivity index (χ4v) is 4.26. The van der Waals surface area contributed by atoms with Gasteiger partial charge in [-0.05, 0) is 59.9 Å². The van der Waals surface area contributed by atoms with Gasteiger partial charge in [-0.1, -0.05) is 67.0 Å². The van der Waals surface area contributed by atoms with Crippen molar-refractivity contribution in [3.63, 3.8) is 0 Å². The Morgan fingerprint density at radius 3 is 2.50 bits per heavy atom. The van der Waals surface area contributed by atoms with E-state index >= 15 is 4.39 Å². The number of rotatable bonds is 9. The molecular weight excluding hydrogens is 539 g/mol. The lowest BCUT2D eigenvalue weighted by atomic mass is 9.87. The topological polar surface area (TPSA) is 125 Å². The molecule has 11 heteroatoms. The first-order valence-corrected chi connectivity index (χ1v) is 13.2. The number of carbonyl (C=O) groups is 2. The van der Waals surface area contributed by atoms with E-state index in [0.717, 1.165) is 22.4 Å². The number of carbonyl (C=O) groups excluding carboxylic acids is 2. The Morgan fingerprint density at radius 2 is 1.83 bits per heavy atom. The lowest BCUT2D eigenvalue weighted by Gasteiger charge is -2.19. The van der Waals surface area contributed by atoms with E-state index in [0.29, 0.717) is 5.56 Å². The monoisotopic (exact) mass is 568 g/mol. The first kappa shape index (κ1) is 28.3. The number of nitrogens with zero attached hydrogens (tertiary/aromatic N) is 5. The van der Waals surface area contributed by atoms with E-state index in [9.17, 15) is 9.59 Å². The van der Waals surface area contributed by atoms with Crippen molar-refractivity contribution in [2.75, 3.05) is 0 Å². The Morgan fingerprint density at radius 1 is 1.10 bits per heavy atom. The zero-order valence-electron chi connectivity index (χ0n) is 23.5. The van der Waals surface area contributed by atoms with Crippen molar-refractivity contribution in [3.05, 3.63) is 101 Å². The number of halogens is 1. The average Bonchev–Trinajstić information content (AvgIpc) is 3.64. The summed E-state index contributed by atoms with van der Waals surface area (Å²) in [7, 11) is 0. The molecule has 0 saturated heterocycles. The van der Waals surface area contributed by atoms with Crippen molar-refractivity contribution in [1.29, 1.82) is 0 Å². The highest BCUT2D eigenvalue weighted by Crippen LogP contribution is 2.26. The van der Waals surface area contributed by atoms with Crippen LogP contribution in [0.25, 0.3) is 28.5 Å². The molecule has 5 rings (SSSR count). The number of benzene rings is 3. The SMILES string of the molecule is Cc1ccc(-c2nc(-c3ccc(CC(NC(=O)c4cn(-c5ccc(C(C)(C)C)cc5)nn4)OC=O)cc3F)no2)cc1. The third kappa shape index (κ3) is 6.41. The van der Waals surface area contributed by atoms with Crippen LogP contribution in [0.3, 0.4) is 0 Å². The van der Waals surface area contributed by atoms with Gasteiger partial charge in [0.1, 0.15) is 5.82 Å². The van der Waals surface area contributed by atoms with Gasteiger partial charge in [-0.25, -0.2) is 9.07 Å². The van der Waals surface area contributed by atoms with E-state index < -0.39 is 18.0 Å². The fourth-order valence-electron chi connectivity index (χ4n) is 4.26. The average molecular weight is 569 g/mol. The summed E-state index contributed by atoms with van der Waals surface area (Å²) in [4.78, 5) is 28.3. The molecule has 0 aliphatic rings. The van der Waals surface area contributed by atoms with Crippen LogP contribution in [0.1, 0.15) is 48.0 Å². The van der Waals surface area contributed by atoms with Crippen LogP contribution in [0.2, 0.25) is 0 Å². The molecule has 214 valence electrons. The number of ether oxygens (including phenoxy) is 1. The smallest absolute Gasteiger partial charge is 0.295 e. The molecule has 1 unspecified atom stereocenters. The first-order chi connectivity index (χ1) is 20.1. The summed E-state index contributed by atoms with van der Waals surface area (Å²) in [5.74, 6) is -0.832. The van der Waals surface area contributed by atoms with Gasteiger partial charge >= 0.3 is 0 Å². The standard InChI is InChI=1S/C31H29FN6O4/c1-19-5-8-21(9-6-19)30-34-28(36-42-30)24-14-7-20(15-25(24)32)16-27(41-18-39)33-29(40)26-17-38(37-35-26)23-12-10-22(11-13-23)31(2,3)4/h5-15,17-18,27H,16H2,1-4H3,(H,33,40). The summed E-state index contributed by atoms with van der Waals surface area (Å²) < 4.78 is 26.9. The van der Waals surface area contributed by atoms with Gasteiger partial charge < -0.3 is 14.6 Å². The summed E-state index contributed by atoms with van der Waals surface area (Å²) in [6, 6.07) is 19.7. The van der Waals surface area contributed by atoms with Gasteiger partial charge in [-0.3, -0.25) is 9.59 Å². The molecule has 2 aromatic heterocycles. The molecule has 1 amide bonds. The molecule has 0 aliphatic heterocycles. The van der Waals surface area contributed by atoms with Crippen LogP contribution in [-0.4, -0.2) is 43.7 Å². The lowest BCUT2D eigenvalue weighted by Crippen LogP contribution is -2.38. The predicted octanol–water partition coefficient (Wildman–Crippen LogP) is 5.20. The van der Waals surface area contributed by atoms with Gasteiger partial charge in [0.05, 0.1) is 17.4 Å². The summed E-state index contributed by atoms with van der Waals surface area (Å²) in [6.07, 6.45) is 0.406. The number of nitrogens with one attached hydrogen (secondary N) is 1. The second kappa shape index (κ2) is 11.7. The highest BCUT2D eigenvalue weighted by molar-refractivity contribution is 5.92. The zero-order chi connectivity index (χ0) is 29.9. The van der Waals surface area contributed by atoms with Gasteiger partial charge in [0.15, 0.2) is 11.9 Å². The van der Waals surface area contributed by atoms with Gasteiger partial charge in [0.25, 0.3) is 18.3 Å². The van der Waals surface area contributed by atoms with Gasteiger partial charge in [0, 0.05) is 12.0 Å². The van der Waals surface area contributed by atoms with Crippen molar-refractivity contribution >= 4 is 12.4 Å². The first-order valence-electron chi connectivity index (χ1n) is 13.2. The van der Waals surface area contributed by atoms with Crippen LogP contribution in [-0.2, 0) is 21.4 Å².